The second-order valence-corrected chi connectivity index (χ2v) is 5.12. The molecule has 0 amide bonds. The quantitative estimate of drug-likeness (QED) is 0.901. The van der Waals surface area contributed by atoms with Crippen LogP contribution in [0.15, 0.2) is 48.5 Å². The van der Waals surface area contributed by atoms with E-state index in [0.717, 1.165) is 17.7 Å². The van der Waals surface area contributed by atoms with Crippen molar-refractivity contribution in [2.75, 3.05) is 7.05 Å². The Labute approximate surface area is 119 Å². The van der Waals surface area contributed by atoms with E-state index in [2.05, 4.69) is 11.8 Å². The fourth-order valence-electron chi connectivity index (χ4n) is 2.17. The van der Waals surface area contributed by atoms with E-state index >= 15 is 0 Å². The topological polar surface area (TPSA) is 23.5 Å². The Kier molecular flexibility index (Phi) is 4.88. The van der Waals surface area contributed by atoms with Crippen LogP contribution in [-0.2, 0) is 13.2 Å². The van der Waals surface area contributed by atoms with Crippen LogP contribution in [0.5, 0.6) is 0 Å². The normalized spacial score (nSPS) is 12.7. The molecule has 20 heavy (non-hydrogen) atoms. The molecule has 0 saturated heterocycles. The Bertz CT molecular complexity index is 536. The molecule has 0 aliphatic heterocycles. The molecule has 0 heterocycles. The van der Waals surface area contributed by atoms with Crippen LogP contribution in [0, 0.1) is 5.82 Å². The van der Waals surface area contributed by atoms with Gasteiger partial charge in [0.15, 0.2) is 0 Å². The Balaban J connectivity index is 2.02. The van der Waals surface area contributed by atoms with Gasteiger partial charge < -0.3 is 5.11 Å². The number of benzene rings is 2. The zero-order valence-corrected chi connectivity index (χ0v) is 11.9. The molecule has 1 atom stereocenters. The first-order chi connectivity index (χ1) is 9.60. The van der Waals surface area contributed by atoms with Crippen LogP contribution < -0.4 is 0 Å². The van der Waals surface area contributed by atoms with Crippen LogP contribution >= 0.6 is 0 Å². The molecule has 0 saturated carbocycles. The van der Waals surface area contributed by atoms with Crippen molar-refractivity contribution in [3.63, 3.8) is 0 Å². The molecule has 0 radical (unpaired) electrons. The van der Waals surface area contributed by atoms with Gasteiger partial charge in [-0.3, -0.25) is 4.90 Å². The highest BCUT2D eigenvalue weighted by atomic mass is 19.1. The third-order valence-corrected chi connectivity index (χ3v) is 3.65. The summed E-state index contributed by atoms with van der Waals surface area (Å²) >= 11 is 0. The van der Waals surface area contributed by atoms with E-state index in [0.29, 0.717) is 0 Å². The zero-order valence-electron chi connectivity index (χ0n) is 11.9. The highest BCUT2D eigenvalue weighted by Gasteiger charge is 2.12. The molecule has 1 unspecified atom stereocenters. The summed E-state index contributed by atoms with van der Waals surface area (Å²) in [5.74, 6) is -0.205. The number of aliphatic hydroxyl groups is 1. The summed E-state index contributed by atoms with van der Waals surface area (Å²) in [5, 5.41) is 9.03. The zero-order chi connectivity index (χ0) is 14.5. The van der Waals surface area contributed by atoms with Gasteiger partial charge in [-0.05, 0) is 42.8 Å². The Morgan fingerprint density at radius 2 is 1.55 bits per heavy atom. The van der Waals surface area contributed by atoms with E-state index in [1.54, 1.807) is 0 Å². The van der Waals surface area contributed by atoms with Gasteiger partial charge in [0, 0.05) is 12.6 Å². The lowest BCUT2D eigenvalue weighted by atomic mass is 10.1. The van der Waals surface area contributed by atoms with Crippen LogP contribution in [-0.4, -0.2) is 17.1 Å². The third-order valence-electron chi connectivity index (χ3n) is 3.65. The summed E-state index contributed by atoms with van der Waals surface area (Å²) in [6.07, 6.45) is 0. The maximum absolute atomic E-state index is 12.9. The number of rotatable bonds is 5. The summed E-state index contributed by atoms with van der Waals surface area (Å²) in [6.45, 7) is 2.99. The standard InChI is InChI=1S/C17H20FNO/c1-13(16-7-9-17(18)10-8-16)19(2)11-14-3-5-15(12-20)6-4-14/h3-10,13,20H,11-12H2,1-2H3. The van der Waals surface area contributed by atoms with Crippen molar-refractivity contribution in [1.29, 1.82) is 0 Å². The average molecular weight is 273 g/mol. The highest BCUT2D eigenvalue weighted by Crippen LogP contribution is 2.21. The van der Waals surface area contributed by atoms with Crippen LogP contribution in [0.4, 0.5) is 4.39 Å². The fraction of sp³-hybridized carbons (Fsp3) is 0.294. The molecule has 0 spiro atoms. The van der Waals surface area contributed by atoms with Crippen LogP contribution in [0.1, 0.15) is 29.7 Å². The summed E-state index contributed by atoms with van der Waals surface area (Å²) in [5.41, 5.74) is 3.21. The molecule has 0 fully saturated rings. The van der Waals surface area contributed by atoms with Gasteiger partial charge in [0.25, 0.3) is 0 Å². The van der Waals surface area contributed by atoms with Crippen molar-refractivity contribution >= 4 is 0 Å². The molecular weight excluding hydrogens is 253 g/mol. The molecule has 1 N–H and O–H groups in total. The van der Waals surface area contributed by atoms with Gasteiger partial charge in [-0.1, -0.05) is 36.4 Å². The molecule has 0 aromatic heterocycles. The molecule has 2 aromatic rings. The summed E-state index contributed by atoms with van der Waals surface area (Å²) in [6, 6.07) is 14.8. The first-order valence-corrected chi connectivity index (χ1v) is 6.74. The van der Waals surface area contributed by atoms with Crippen LogP contribution in [0.25, 0.3) is 0 Å². The predicted molar refractivity (Wildman–Crippen MR) is 78.6 cm³/mol. The highest BCUT2D eigenvalue weighted by molar-refractivity contribution is 5.23. The summed E-state index contributed by atoms with van der Waals surface area (Å²) in [4.78, 5) is 2.21. The van der Waals surface area contributed by atoms with Crippen molar-refractivity contribution in [2.24, 2.45) is 0 Å². The van der Waals surface area contributed by atoms with Gasteiger partial charge in [0.2, 0.25) is 0 Å². The summed E-state index contributed by atoms with van der Waals surface area (Å²) in [7, 11) is 2.05. The number of hydrogen-bond donors (Lipinski definition) is 1. The first-order valence-electron chi connectivity index (χ1n) is 6.74. The third kappa shape index (κ3) is 3.65. The first kappa shape index (κ1) is 14.7. The van der Waals surface area contributed by atoms with Crippen LogP contribution in [0.2, 0.25) is 0 Å². The fourth-order valence-corrected chi connectivity index (χ4v) is 2.17. The van der Waals surface area contributed by atoms with Gasteiger partial charge in [-0.15, -0.1) is 0 Å². The molecule has 2 aromatic carbocycles. The second kappa shape index (κ2) is 6.64. The Morgan fingerprint density at radius 1 is 1.00 bits per heavy atom. The minimum atomic E-state index is -0.205. The lowest BCUT2D eigenvalue weighted by Crippen LogP contribution is -2.21. The van der Waals surface area contributed by atoms with Crippen LogP contribution in [0.3, 0.4) is 0 Å². The Hall–Kier alpha value is -1.71. The van der Waals surface area contributed by atoms with E-state index in [1.165, 1.54) is 17.7 Å². The lowest BCUT2D eigenvalue weighted by molar-refractivity contribution is 0.252. The molecule has 106 valence electrons. The Morgan fingerprint density at radius 3 is 2.10 bits per heavy atom. The van der Waals surface area contributed by atoms with Crippen molar-refractivity contribution in [3.8, 4) is 0 Å². The minimum Gasteiger partial charge on any atom is -0.392 e. The van der Waals surface area contributed by atoms with E-state index in [1.807, 2.05) is 43.4 Å². The minimum absolute atomic E-state index is 0.0715. The average Bonchev–Trinajstić information content (AvgIpc) is 2.48. The number of halogens is 1. The van der Waals surface area contributed by atoms with E-state index < -0.39 is 0 Å². The van der Waals surface area contributed by atoms with Crippen molar-refractivity contribution in [3.05, 3.63) is 71.0 Å². The lowest BCUT2D eigenvalue weighted by Gasteiger charge is -2.25. The molecule has 0 aliphatic rings. The van der Waals surface area contributed by atoms with E-state index in [4.69, 9.17) is 5.11 Å². The molecule has 0 aliphatic carbocycles. The van der Waals surface area contributed by atoms with E-state index in [-0.39, 0.29) is 18.5 Å². The predicted octanol–water partition coefficient (Wildman–Crippen LogP) is 3.51. The monoisotopic (exact) mass is 273 g/mol. The maximum atomic E-state index is 12.9. The van der Waals surface area contributed by atoms with Gasteiger partial charge in [0.1, 0.15) is 5.82 Å². The van der Waals surface area contributed by atoms with Gasteiger partial charge in [-0.25, -0.2) is 4.39 Å². The molecular formula is C17H20FNO. The van der Waals surface area contributed by atoms with Gasteiger partial charge in [-0.2, -0.15) is 0 Å². The second-order valence-electron chi connectivity index (χ2n) is 5.12. The van der Waals surface area contributed by atoms with Crippen molar-refractivity contribution in [2.45, 2.75) is 26.1 Å². The molecule has 3 heteroatoms. The van der Waals surface area contributed by atoms with Crippen molar-refractivity contribution < 1.29 is 9.50 Å². The smallest absolute Gasteiger partial charge is 0.123 e. The number of aliphatic hydroxyl groups excluding tert-OH is 1. The van der Waals surface area contributed by atoms with Gasteiger partial charge in [0.05, 0.1) is 6.61 Å². The largest absolute Gasteiger partial charge is 0.392 e. The van der Waals surface area contributed by atoms with E-state index in [9.17, 15) is 4.39 Å². The molecule has 0 bridgehead atoms. The number of nitrogens with zero attached hydrogens (tertiary/aromatic N) is 1. The van der Waals surface area contributed by atoms with Crippen molar-refractivity contribution in [1.82, 2.24) is 4.90 Å². The summed E-state index contributed by atoms with van der Waals surface area (Å²) < 4.78 is 12.9. The molecule has 2 nitrogen and oxygen atoms in total. The number of hydrogen-bond acceptors (Lipinski definition) is 2. The maximum Gasteiger partial charge on any atom is 0.123 e. The van der Waals surface area contributed by atoms with Gasteiger partial charge >= 0.3 is 0 Å². The molecule has 2 rings (SSSR count). The SMILES string of the molecule is CC(c1ccc(F)cc1)N(C)Cc1ccc(CO)cc1.